The number of rotatable bonds is 8. The molecule has 3 rings (SSSR count). The Bertz CT molecular complexity index is 845. The highest BCUT2D eigenvalue weighted by Gasteiger charge is 2.29. The van der Waals surface area contributed by atoms with Crippen LogP contribution in [-0.2, 0) is 11.8 Å². The molecule has 1 aromatic heterocycles. The molecule has 1 amide bonds. The number of aliphatic hydroxyl groups excluding tert-OH is 1. The molecule has 0 aliphatic carbocycles. The Morgan fingerprint density at radius 2 is 2.03 bits per heavy atom. The van der Waals surface area contributed by atoms with E-state index in [1.165, 1.54) is 0 Å². The molecule has 1 saturated heterocycles. The van der Waals surface area contributed by atoms with Gasteiger partial charge in [-0.3, -0.25) is 9.69 Å². The number of piperidine rings is 1. The van der Waals surface area contributed by atoms with Crippen LogP contribution in [0.2, 0.25) is 0 Å². The van der Waals surface area contributed by atoms with Crippen LogP contribution in [0.5, 0.6) is 11.5 Å². The van der Waals surface area contributed by atoms with Crippen molar-refractivity contribution in [3.05, 3.63) is 42.0 Å². The van der Waals surface area contributed by atoms with E-state index >= 15 is 0 Å². The van der Waals surface area contributed by atoms with Crippen molar-refractivity contribution >= 4 is 5.91 Å². The van der Waals surface area contributed by atoms with E-state index < -0.39 is 6.10 Å². The summed E-state index contributed by atoms with van der Waals surface area (Å²) >= 11 is 0. The van der Waals surface area contributed by atoms with E-state index in [0.717, 1.165) is 37.2 Å². The Morgan fingerprint density at radius 3 is 2.63 bits per heavy atom. The van der Waals surface area contributed by atoms with Gasteiger partial charge in [-0.1, -0.05) is 0 Å². The second kappa shape index (κ2) is 9.95. The van der Waals surface area contributed by atoms with Crippen molar-refractivity contribution in [1.82, 2.24) is 19.8 Å². The molecule has 30 heavy (non-hydrogen) atoms. The standard InChI is InChI=1S/C22H32N4O4/c1-15(18-13-17(29-3)5-6-19(18)30-4)24-20(27)14-26-10-7-16(8-11-26)21(28)22-23-9-12-25(22)2/h5-6,9,12-13,15-16,21,28H,7-8,10-11,14H2,1-4H3,(H,24,27)/t15-,21+/m1/s1. The van der Waals surface area contributed by atoms with Crippen LogP contribution in [0.1, 0.15) is 43.3 Å². The number of nitrogens with one attached hydrogen (secondary N) is 1. The van der Waals surface area contributed by atoms with E-state index in [-0.39, 0.29) is 17.9 Å². The van der Waals surface area contributed by atoms with Gasteiger partial charge in [0, 0.05) is 25.0 Å². The molecule has 0 bridgehead atoms. The molecule has 1 aliphatic heterocycles. The summed E-state index contributed by atoms with van der Waals surface area (Å²) in [5.41, 5.74) is 0.877. The maximum absolute atomic E-state index is 12.6. The Balaban J connectivity index is 1.51. The summed E-state index contributed by atoms with van der Waals surface area (Å²) < 4.78 is 12.6. The Kier molecular flexibility index (Phi) is 7.33. The van der Waals surface area contributed by atoms with Gasteiger partial charge in [0.15, 0.2) is 0 Å². The first-order valence-electron chi connectivity index (χ1n) is 10.3. The van der Waals surface area contributed by atoms with Gasteiger partial charge in [-0.05, 0) is 57.0 Å². The number of aliphatic hydroxyl groups is 1. The minimum Gasteiger partial charge on any atom is -0.497 e. The van der Waals surface area contributed by atoms with Gasteiger partial charge >= 0.3 is 0 Å². The van der Waals surface area contributed by atoms with Crippen molar-refractivity contribution in [2.24, 2.45) is 13.0 Å². The predicted molar refractivity (Wildman–Crippen MR) is 113 cm³/mol. The molecule has 2 heterocycles. The molecule has 164 valence electrons. The van der Waals surface area contributed by atoms with Crippen LogP contribution in [0.25, 0.3) is 0 Å². The fourth-order valence-electron chi connectivity index (χ4n) is 4.05. The van der Waals surface area contributed by atoms with Crippen LogP contribution < -0.4 is 14.8 Å². The average molecular weight is 417 g/mol. The third-order valence-electron chi connectivity index (χ3n) is 5.85. The molecular weight excluding hydrogens is 384 g/mol. The summed E-state index contributed by atoms with van der Waals surface area (Å²) in [5, 5.41) is 13.7. The average Bonchev–Trinajstić information content (AvgIpc) is 3.18. The molecule has 2 aromatic rings. The van der Waals surface area contributed by atoms with Gasteiger partial charge in [-0.25, -0.2) is 4.98 Å². The number of carbonyl (C=O) groups excluding carboxylic acids is 1. The highest BCUT2D eigenvalue weighted by Crippen LogP contribution is 2.30. The fraction of sp³-hybridized carbons (Fsp3) is 0.545. The summed E-state index contributed by atoms with van der Waals surface area (Å²) in [4.78, 5) is 19.0. The van der Waals surface area contributed by atoms with Crippen molar-refractivity contribution in [1.29, 1.82) is 0 Å². The molecule has 0 saturated carbocycles. The molecule has 8 heteroatoms. The van der Waals surface area contributed by atoms with Crippen LogP contribution in [0.3, 0.4) is 0 Å². The first-order valence-corrected chi connectivity index (χ1v) is 10.3. The van der Waals surface area contributed by atoms with E-state index in [2.05, 4.69) is 15.2 Å². The lowest BCUT2D eigenvalue weighted by molar-refractivity contribution is -0.123. The lowest BCUT2D eigenvalue weighted by atomic mass is 9.90. The highest BCUT2D eigenvalue weighted by atomic mass is 16.5. The zero-order valence-electron chi connectivity index (χ0n) is 18.2. The smallest absolute Gasteiger partial charge is 0.234 e. The van der Waals surface area contributed by atoms with Gasteiger partial charge in [0.2, 0.25) is 5.91 Å². The lowest BCUT2D eigenvalue weighted by Gasteiger charge is -2.33. The number of nitrogens with zero attached hydrogens (tertiary/aromatic N) is 3. The van der Waals surface area contributed by atoms with E-state index in [1.807, 2.05) is 42.9 Å². The molecule has 0 radical (unpaired) electrons. The maximum atomic E-state index is 12.6. The zero-order chi connectivity index (χ0) is 21.7. The SMILES string of the molecule is COc1ccc(OC)c([C@@H](C)NC(=O)CN2CCC([C@H](O)c3nccn3C)CC2)c1. The number of carbonyl (C=O) groups is 1. The molecule has 8 nitrogen and oxygen atoms in total. The van der Waals surface area contributed by atoms with Gasteiger partial charge in [0.05, 0.1) is 26.8 Å². The highest BCUT2D eigenvalue weighted by molar-refractivity contribution is 5.78. The van der Waals surface area contributed by atoms with E-state index in [0.29, 0.717) is 18.1 Å². The van der Waals surface area contributed by atoms with Crippen molar-refractivity contribution in [3.8, 4) is 11.5 Å². The number of amides is 1. The van der Waals surface area contributed by atoms with Crippen LogP contribution in [0.15, 0.2) is 30.6 Å². The number of methoxy groups -OCH3 is 2. The molecule has 1 fully saturated rings. The van der Waals surface area contributed by atoms with Gasteiger partial charge in [-0.2, -0.15) is 0 Å². The van der Waals surface area contributed by atoms with Gasteiger partial charge in [0.25, 0.3) is 0 Å². The monoisotopic (exact) mass is 416 g/mol. The Labute approximate surface area is 177 Å². The molecule has 1 aromatic carbocycles. The Hall–Kier alpha value is -2.58. The molecule has 2 N–H and O–H groups in total. The number of aryl methyl sites for hydroxylation is 1. The minimum absolute atomic E-state index is 0.0320. The van der Waals surface area contributed by atoms with Crippen LogP contribution in [0, 0.1) is 5.92 Å². The Morgan fingerprint density at radius 1 is 1.30 bits per heavy atom. The van der Waals surface area contributed by atoms with Crippen LogP contribution >= 0.6 is 0 Å². The summed E-state index contributed by atoms with van der Waals surface area (Å²) in [5.74, 6) is 2.26. The second-order valence-electron chi connectivity index (χ2n) is 7.85. The number of imidazole rings is 1. The third-order valence-corrected chi connectivity index (χ3v) is 5.85. The molecular formula is C22H32N4O4. The van der Waals surface area contributed by atoms with Crippen LogP contribution in [0.4, 0.5) is 0 Å². The normalized spacial score (nSPS) is 17.4. The maximum Gasteiger partial charge on any atom is 0.234 e. The predicted octanol–water partition coefficient (Wildman–Crippen LogP) is 2.06. The number of hydrogen-bond donors (Lipinski definition) is 2. The van der Waals surface area contributed by atoms with Crippen molar-refractivity contribution in [3.63, 3.8) is 0 Å². The second-order valence-corrected chi connectivity index (χ2v) is 7.85. The fourth-order valence-corrected chi connectivity index (χ4v) is 4.05. The number of hydrogen-bond acceptors (Lipinski definition) is 6. The third kappa shape index (κ3) is 5.12. The van der Waals surface area contributed by atoms with Crippen LogP contribution in [-0.4, -0.2) is 59.3 Å². The number of benzene rings is 1. The van der Waals surface area contributed by atoms with E-state index in [9.17, 15) is 9.90 Å². The first-order chi connectivity index (χ1) is 14.4. The van der Waals surface area contributed by atoms with E-state index in [1.54, 1.807) is 20.4 Å². The number of ether oxygens (including phenoxy) is 2. The van der Waals surface area contributed by atoms with Gasteiger partial charge in [0.1, 0.15) is 23.4 Å². The summed E-state index contributed by atoms with van der Waals surface area (Å²) in [7, 11) is 5.12. The number of aromatic nitrogens is 2. The van der Waals surface area contributed by atoms with Crippen molar-refractivity contribution in [2.75, 3.05) is 33.9 Å². The lowest BCUT2D eigenvalue weighted by Crippen LogP contribution is -2.43. The van der Waals surface area contributed by atoms with Crippen molar-refractivity contribution < 1.29 is 19.4 Å². The quantitative estimate of drug-likeness (QED) is 0.685. The van der Waals surface area contributed by atoms with Gasteiger partial charge in [-0.15, -0.1) is 0 Å². The van der Waals surface area contributed by atoms with Crippen molar-refractivity contribution in [2.45, 2.75) is 31.9 Å². The zero-order valence-corrected chi connectivity index (χ0v) is 18.2. The van der Waals surface area contributed by atoms with E-state index in [4.69, 9.17) is 9.47 Å². The summed E-state index contributed by atoms with van der Waals surface area (Å²) in [6.07, 6.45) is 4.65. The minimum atomic E-state index is -0.568. The molecule has 2 atom stereocenters. The summed E-state index contributed by atoms with van der Waals surface area (Å²) in [6, 6.07) is 5.36. The number of likely N-dealkylation sites (tertiary alicyclic amines) is 1. The largest absolute Gasteiger partial charge is 0.497 e. The molecule has 0 spiro atoms. The summed E-state index contributed by atoms with van der Waals surface area (Å²) in [6.45, 7) is 3.82. The molecule has 0 unspecified atom stereocenters. The first kappa shape index (κ1) is 22.1. The topological polar surface area (TPSA) is 88.8 Å². The van der Waals surface area contributed by atoms with Gasteiger partial charge < -0.3 is 24.5 Å². The molecule has 1 aliphatic rings.